The van der Waals surface area contributed by atoms with Gasteiger partial charge < -0.3 is 15.2 Å². The van der Waals surface area contributed by atoms with Crippen LogP contribution in [0.1, 0.15) is 37.8 Å². The fourth-order valence-corrected chi connectivity index (χ4v) is 2.10. The molecule has 1 aromatic rings. The minimum absolute atomic E-state index is 0.0516. The molecule has 2 rings (SSSR count). The topological polar surface area (TPSA) is 44.5 Å². The van der Waals surface area contributed by atoms with Crippen molar-refractivity contribution in [3.63, 3.8) is 0 Å². The number of nitrogens with two attached hydrogens (primary N) is 1. The quantitative estimate of drug-likeness (QED) is 0.853. The Kier molecular flexibility index (Phi) is 4.40. The highest BCUT2D eigenvalue weighted by Crippen LogP contribution is 2.26. The normalized spacial score (nSPS) is 21.4. The first-order chi connectivity index (χ1) is 8.31. The molecule has 0 aliphatic carbocycles. The summed E-state index contributed by atoms with van der Waals surface area (Å²) in [7, 11) is 0. The first-order valence-corrected chi connectivity index (χ1v) is 6.40. The summed E-state index contributed by atoms with van der Waals surface area (Å²) in [5.74, 6) is 0.900. The second-order valence-electron chi connectivity index (χ2n) is 4.50. The Balaban J connectivity index is 1.98. The summed E-state index contributed by atoms with van der Waals surface area (Å²) in [6.45, 7) is 3.58. The standard InChI is InChI=1S/C14H21NO2/c1-2-13(15)12-7-3-4-8-14(12)17-10-11-6-5-9-16-11/h3-4,7-8,11,13H,2,5-6,9-10,15H2,1H3/t11?,13-/m0/s1. The van der Waals surface area contributed by atoms with Crippen LogP contribution < -0.4 is 10.5 Å². The van der Waals surface area contributed by atoms with E-state index in [0.717, 1.165) is 37.2 Å². The van der Waals surface area contributed by atoms with Gasteiger partial charge in [-0.05, 0) is 25.3 Å². The Labute approximate surface area is 103 Å². The number of hydrogen-bond acceptors (Lipinski definition) is 3. The molecule has 0 amide bonds. The van der Waals surface area contributed by atoms with Crippen LogP contribution in [0.3, 0.4) is 0 Å². The van der Waals surface area contributed by atoms with Gasteiger partial charge in [0.15, 0.2) is 0 Å². The van der Waals surface area contributed by atoms with Crippen molar-refractivity contribution in [3.05, 3.63) is 29.8 Å². The molecule has 1 aromatic carbocycles. The highest BCUT2D eigenvalue weighted by atomic mass is 16.5. The largest absolute Gasteiger partial charge is 0.491 e. The molecule has 2 N–H and O–H groups in total. The maximum atomic E-state index is 6.07. The molecule has 17 heavy (non-hydrogen) atoms. The summed E-state index contributed by atoms with van der Waals surface area (Å²) < 4.78 is 11.4. The van der Waals surface area contributed by atoms with Gasteiger partial charge in [0.1, 0.15) is 12.4 Å². The Morgan fingerprint density at radius 2 is 2.29 bits per heavy atom. The summed E-state index contributed by atoms with van der Waals surface area (Å²) in [6, 6.07) is 8.06. The van der Waals surface area contributed by atoms with Gasteiger partial charge in [0.2, 0.25) is 0 Å². The Bertz CT molecular complexity index is 348. The van der Waals surface area contributed by atoms with Crippen LogP contribution in [0.15, 0.2) is 24.3 Å². The van der Waals surface area contributed by atoms with Crippen LogP contribution in [-0.2, 0) is 4.74 Å². The van der Waals surface area contributed by atoms with E-state index < -0.39 is 0 Å². The summed E-state index contributed by atoms with van der Waals surface area (Å²) in [4.78, 5) is 0. The SMILES string of the molecule is CC[C@H](N)c1ccccc1OCC1CCCO1. The molecule has 0 bridgehead atoms. The van der Waals surface area contributed by atoms with E-state index in [1.807, 2.05) is 24.3 Å². The lowest BCUT2D eigenvalue weighted by atomic mass is 10.0. The van der Waals surface area contributed by atoms with E-state index in [9.17, 15) is 0 Å². The second kappa shape index (κ2) is 6.03. The molecular formula is C14H21NO2. The molecule has 0 aromatic heterocycles. The maximum Gasteiger partial charge on any atom is 0.124 e. The summed E-state index contributed by atoms with van der Waals surface area (Å²) in [6.07, 6.45) is 3.41. The monoisotopic (exact) mass is 235 g/mol. The van der Waals surface area contributed by atoms with Crippen molar-refractivity contribution in [2.45, 2.75) is 38.3 Å². The number of benzene rings is 1. The molecule has 1 aliphatic rings. The fraction of sp³-hybridized carbons (Fsp3) is 0.571. The van der Waals surface area contributed by atoms with Crippen molar-refractivity contribution in [1.29, 1.82) is 0 Å². The van der Waals surface area contributed by atoms with Crippen LogP contribution in [0, 0.1) is 0 Å². The van der Waals surface area contributed by atoms with Crippen molar-refractivity contribution in [1.82, 2.24) is 0 Å². The highest BCUT2D eigenvalue weighted by Gasteiger charge is 2.17. The number of ether oxygens (including phenoxy) is 2. The molecule has 0 spiro atoms. The van der Waals surface area contributed by atoms with E-state index in [-0.39, 0.29) is 12.1 Å². The van der Waals surface area contributed by atoms with E-state index >= 15 is 0 Å². The lowest BCUT2D eigenvalue weighted by Gasteiger charge is -2.17. The van der Waals surface area contributed by atoms with E-state index in [2.05, 4.69) is 6.92 Å². The Hall–Kier alpha value is -1.06. The summed E-state index contributed by atoms with van der Waals surface area (Å²) >= 11 is 0. The van der Waals surface area contributed by atoms with Crippen LogP contribution in [-0.4, -0.2) is 19.3 Å². The average Bonchev–Trinajstić information content (AvgIpc) is 2.89. The van der Waals surface area contributed by atoms with Gasteiger partial charge in [0.05, 0.1) is 6.10 Å². The van der Waals surface area contributed by atoms with E-state index in [1.54, 1.807) is 0 Å². The van der Waals surface area contributed by atoms with Crippen LogP contribution in [0.4, 0.5) is 0 Å². The Morgan fingerprint density at radius 1 is 1.47 bits per heavy atom. The fourth-order valence-electron chi connectivity index (χ4n) is 2.10. The van der Waals surface area contributed by atoms with E-state index in [0.29, 0.717) is 6.61 Å². The molecular weight excluding hydrogens is 214 g/mol. The first kappa shape index (κ1) is 12.4. The van der Waals surface area contributed by atoms with Gasteiger partial charge in [-0.3, -0.25) is 0 Å². The van der Waals surface area contributed by atoms with Gasteiger partial charge >= 0.3 is 0 Å². The van der Waals surface area contributed by atoms with Gasteiger partial charge in [-0.25, -0.2) is 0 Å². The molecule has 1 aliphatic heterocycles. The third-order valence-corrected chi connectivity index (χ3v) is 3.21. The molecule has 2 atom stereocenters. The third-order valence-electron chi connectivity index (χ3n) is 3.21. The molecule has 0 saturated carbocycles. The van der Waals surface area contributed by atoms with Crippen molar-refractivity contribution in [3.8, 4) is 5.75 Å². The van der Waals surface area contributed by atoms with Crippen molar-refractivity contribution >= 4 is 0 Å². The number of para-hydroxylation sites is 1. The second-order valence-corrected chi connectivity index (χ2v) is 4.50. The maximum absolute atomic E-state index is 6.07. The zero-order chi connectivity index (χ0) is 12.1. The van der Waals surface area contributed by atoms with Gasteiger partial charge in [-0.2, -0.15) is 0 Å². The van der Waals surface area contributed by atoms with Crippen LogP contribution in [0.25, 0.3) is 0 Å². The minimum atomic E-state index is 0.0516. The molecule has 94 valence electrons. The predicted molar refractivity (Wildman–Crippen MR) is 68.1 cm³/mol. The zero-order valence-corrected chi connectivity index (χ0v) is 10.4. The molecule has 1 fully saturated rings. The van der Waals surface area contributed by atoms with E-state index in [1.165, 1.54) is 0 Å². The predicted octanol–water partition coefficient (Wildman–Crippen LogP) is 2.65. The van der Waals surface area contributed by atoms with Gasteiger partial charge in [0.25, 0.3) is 0 Å². The number of hydrogen-bond donors (Lipinski definition) is 1. The summed E-state index contributed by atoms with van der Waals surface area (Å²) in [5.41, 5.74) is 7.16. The lowest BCUT2D eigenvalue weighted by molar-refractivity contribution is 0.0675. The van der Waals surface area contributed by atoms with Gasteiger partial charge in [0, 0.05) is 18.2 Å². The molecule has 3 nitrogen and oxygen atoms in total. The third kappa shape index (κ3) is 3.20. The van der Waals surface area contributed by atoms with Gasteiger partial charge in [-0.15, -0.1) is 0 Å². The summed E-state index contributed by atoms with van der Waals surface area (Å²) in [5, 5.41) is 0. The van der Waals surface area contributed by atoms with E-state index in [4.69, 9.17) is 15.2 Å². The zero-order valence-electron chi connectivity index (χ0n) is 10.4. The number of rotatable bonds is 5. The highest BCUT2D eigenvalue weighted by molar-refractivity contribution is 5.35. The molecule has 1 heterocycles. The average molecular weight is 235 g/mol. The molecule has 3 heteroatoms. The van der Waals surface area contributed by atoms with Gasteiger partial charge in [-0.1, -0.05) is 25.1 Å². The Morgan fingerprint density at radius 3 is 3.00 bits per heavy atom. The van der Waals surface area contributed by atoms with Crippen LogP contribution in [0.2, 0.25) is 0 Å². The van der Waals surface area contributed by atoms with Crippen molar-refractivity contribution in [2.24, 2.45) is 5.73 Å². The van der Waals surface area contributed by atoms with Crippen LogP contribution in [0.5, 0.6) is 5.75 Å². The van der Waals surface area contributed by atoms with Crippen molar-refractivity contribution < 1.29 is 9.47 Å². The minimum Gasteiger partial charge on any atom is -0.491 e. The molecule has 0 radical (unpaired) electrons. The smallest absolute Gasteiger partial charge is 0.124 e. The van der Waals surface area contributed by atoms with Crippen LogP contribution >= 0.6 is 0 Å². The lowest BCUT2D eigenvalue weighted by Crippen LogP contribution is -2.18. The molecule has 1 saturated heterocycles. The first-order valence-electron chi connectivity index (χ1n) is 6.40. The van der Waals surface area contributed by atoms with Crippen molar-refractivity contribution in [2.75, 3.05) is 13.2 Å². The molecule has 1 unspecified atom stereocenters.